The van der Waals surface area contributed by atoms with Gasteiger partial charge in [0.1, 0.15) is 4.21 Å². The molecule has 0 amide bonds. The maximum absolute atomic E-state index is 12.4. The molecule has 96 valence electrons. The summed E-state index contributed by atoms with van der Waals surface area (Å²) in [7, 11) is -1.94. The molecule has 4 nitrogen and oxygen atoms in total. The molecule has 0 unspecified atom stereocenters. The number of nitrogens with zero attached hydrogens (tertiary/aromatic N) is 1. The summed E-state index contributed by atoms with van der Waals surface area (Å²) in [6, 6.07) is 10.6. The zero-order valence-corrected chi connectivity index (χ0v) is 11.5. The summed E-state index contributed by atoms with van der Waals surface area (Å²) >= 11 is 1.19. The number of benzene rings is 1. The quantitative estimate of drug-likeness (QED) is 0.933. The number of rotatable bonds is 4. The molecular formula is C12H14N2O2S2. The van der Waals surface area contributed by atoms with E-state index in [1.165, 1.54) is 15.6 Å². The van der Waals surface area contributed by atoms with Gasteiger partial charge in [0.2, 0.25) is 0 Å². The summed E-state index contributed by atoms with van der Waals surface area (Å²) < 4.78 is 26.3. The van der Waals surface area contributed by atoms with Gasteiger partial charge in [0.05, 0.1) is 5.69 Å². The van der Waals surface area contributed by atoms with Gasteiger partial charge in [-0.05, 0) is 29.1 Å². The molecule has 0 fully saturated rings. The van der Waals surface area contributed by atoms with Gasteiger partial charge in [-0.15, -0.1) is 11.3 Å². The van der Waals surface area contributed by atoms with Crippen LogP contribution >= 0.6 is 11.3 Å². The maximum Gasteiger partial charge on any atom is 0.273 e. The lowest BCUT2D eigenvalue weighted by molar-refractivity contribution is 0.596. The maximum atomic E-state index is 12.4. The van der Waals surface area contributed by atoms with Crippen LogP contribution in [0.5, 0.6) is 0 Å². The summed E-state index contributed by atoms with van der Waals surface area (Å²) in [6.07, 6.45) is 0. The molecule has 2 aromatic rings. The van der Waals surface area contributed by atoms with E-state index < -0.39 is 10.0 Å². The lowest BCUT2D eigenvalue weighted by atomic mass is 10.3. The largest absolute Gasteiger partial charge is 0.326 e. The summed E-state index contributed by atoms with van der Waals surface area (Å²) in [5.41, 5.74) is 6.96. The van der Waals surface area contributed by atoms with Gasteiger partial charge in [0.15, 0.2) is 0 Å². The van der Waals surface area contributed by atoms with E-state index >= 15 is 0 Å². The van der Waals surface area contributed by atoms with Crippen molar-refractivity contribution in [2.45, 2.75) is 10.8 Å². The first kappa shape index (κ1) is 13.1. The molecule has 2 N–H and O–H groups in total. The minimum Gasteiger partial charge on any atom is -0.326 e. The van der Waals surface area contributed by atoms with Crippen molar-refractivity contribution in [1.29, 1.82) is 0 Å². The van der Waals surface area contributed by atoms with Crippen molar-refractivity contribution < 1.29 is 8.42 Å². The Morgan fingerprint density at radius 2 is 1.94 bits per heavy atom. The molecule has 0 spiro atoms. The average molecular weight is 282 g/mol. The van der Waals surface area contributed by atoms with Crippen LogP contribution < -0.4 is 10.0 Å². The minimum atomic E-state index is -3.48. The molecule has 2 rings (SSSR count). The van der Waals surface area contributed by atoms with E-state index in [9.17, 15) is 8.42 Å². The van der Waals surface area contributed by atoms with Gasteiger partial charge < -0.3 is 5.73 Å². The fraction of sp³-hybridized carbons (Fsp3) is 0.167. The van der Waals surface area contributed by atoms with Gasteiger partial charge in [-0.2, -0.15) is 0 Å². The number of nitrogens with two attached hydrogens (primary N) is 1. The number of thiophene rings is 1. The Balaban J connectivity index is 2.37. The normalized spacial score (nSPS) is 11.4. The van der Waals surface area contributed by atoms with E-state index in [0.717, 1.165) is 5.56 Å². The van der Waals surface area contributed by atoms with E-state index in [0.29, 0.717) is 16.4 Å². The standard InChI is InChI=1S/C12H14N2O2S2/c1-14(11-5-3-2-4-6-11)18(15,16)12-7-10(8-13)9-17-12/h2-7,9H,8,13H2,1H3. The second kappa shape index (κ2) is 5.09. The molecule has 0 saturated heterocycles. The molecule has 0 radical (unpaired) electrons. The molecule has 18 heavy (non-hydrogen) atoms. The molecule has 0 aliphatic heterocycles. The Hall–Kier alpha value is -1.37. The number of sulfonamides is 1. The van der Waals surface area contributed by atoms with E-state index in [1.54, 1.807) is 42.8 Å². The molecule has 1 heterocycles. The highest BCUT2D eigenvalue weighted by molar-refractivity contribution is 7.94. The first-order chi connectivity index (χ1) is 8.55. The Labute approximate surface area is 111 Å². The number of para-hydroxylation sites is 1. The third kappa shape index (κ3) is 2.40. The van der Waals surface area contributed by atoms with E-state index in [4.69, 9.17) is 5.73 Å². The predicted octanol–water partition coefficient (Wildman–Crippen LogP) is 2.03. The van der Waals surface area contributed by atoms with Crippen LogP contribution in [0, 0.1) is 0 Å². The molecule has 1 aromatic heterocycles. The first-order valence-corrected chi connectivity index (χ1v) is 7.69. The Morgan fingerprint density at radius 1 is 1.28 bits per heavy atom. The van der Waals surface area contributed by atoms with Crippen LogP contribution in [-0.2, 0) is 16.6 Å². The van der Waals surface area contributed by atoms with Crippen molar-refractivity contribution in [3.05, 3.63) is 47.3 Å². The lowest BCUT2D eigenvalue weighted by Crippen LogP contribution is -2.25. The lowest BCUT2D eigenvalue weighted by Gasteiger charge is -2.18. The summed E-state index contributed by atoms with van der Waals surface area (Å²) in [6.45, 7) is 0.348. The first-order valence-electron chi connectivity index (χ1n) is 5.37. The highest BCUT2D eigenvalue weighted by Crippen LogP contribution is 2.26. The number of anilines is 1. The van der Waals surface area contributed by atoms with Crippen LogP contribution in [0.4, 0.5) is 5.69 Å². The van der Waals surface area contributed by atoms with E-state index in [1.807, 2.05) is 6.07 Å². The van der Waals surface area contributed by atoms with Gasteiger partial charge in [0.25, 0.3) is 10.0 Å². The second-order valence-corrected chi connectivity index (χ2v) is 6.89. The zero-order valence-electron chi connectivity index (χ0n) is 9.91. The molecule has 0 saturated carbocycles. The fourth-order valence-electron chi connectivity index (χ4n) is 1.51. The van der Waals surface area contributed by atoms with Crippen molar-refractivity contribution in [2.75, 3.05) is 11.4 Å². The van der Waals surface area contributed by atoms with Crippen LogP contribution in [0.3, 0.4) is 0 Å². The van der Waals surface area contributed by atoms with Gasteiger partial charge in [-0.25, -0.2) is 8.42 Å². The molecular weight excluding hydrogens is 268 g/mol. The summed E-state index contributed by atoms with van der Waals surface area (Å²) in [5, 5.41) is 1.77. The Kier molecular flexibility index (Phi) is 3.70. The SMILES string of the molecule is CN(c1ccccc1)S(=O)(=O)c1cc(CN)cs1. The smallest absolute Gasteiger partial charge is 0.273 e. The molecule has 6 heteroatoms. The van der Waals surface area contributed by atoms with Crippen LogP contribution in [0.2, 0.25) is 0 Å². The van der Waals surface area contributed by atoms with Crippen molar-refractivity contribution in [3.63, 3.8) is 0 Å². The van der Waals surface area contributed by atoms with Crippen molar-refractivity contribution in [1.82, 2.24) is 0 Å². The van der Waals surface area contributed by atoms with Gasteiger partial charge in [-0.3, -0.25) is 4.31 Å². The Morgan fingerprint density at radius 3 is 2.50 bits per heavy atom. The van der Waals surface area contributed by atoms with Gasteiger partial charge in [0, 0.05) is 13.6 Å². The third-order valence-corrected chi connectivity index (χ3v) is 5.85. The van der Waals surface area contributed by atoms with Crippen LogP contribution in [0.15, 0.2) is 46.0 Å². The van der Waals surface area contributed by atoms with E-state index in [2.05, 4.69) is 0 Å². The molecule has 0 aliphatic carbocycles. The van der Waals surface area contributed by atoms with Crippen LogP contribution in [-0.4, -0.2) is 15.5 Å². The summed E-state index contributed by atoms with van der Waals surface area (Å²) in [5.74, 6) is 0. The van der Waals surface area contributed by atoms with Crippen molar-refractivity contribution in [2.24, 2.45) is 5.73 Å². The summed E-state index contributed by atoms with van der Waals surface area (Å²) in [4.78, 5) is 0. The topological polar surface area (TPSA) is 63.4 Å². The fourth-order valence-corrected chi connectivity index (χ4v) is 4.09. The van der Waals surface area contributed by atoms with Crippen molar-refractivity contribution in [3.8, 4) is 0 Å². The monoisotopic (exact) mass is 282 g/mol. The molecule has 0 aliphatic rings. The number of hydrogen-bond donors (Lipinski definition) is 1. The zero-order chi connectivity index (χ0) is 13.2. The van der Waals surface area contributed by atoms with Crippen LogP contribution in [0.1, 0.15) is 5.56 Å². The minimum absolute atomic E-state index is 0.314. The molecule has 1 aromatic carbocycles. The Bertz CT molecular complexity index is 621. The average Bonchev–Trinajstić information content (AvgIpc) is 2.88. The third-order valence-electron chi connectivity index (χ3n) is 2.60. The van der Waals surface area contributed by atoms with Crippen LogP contribution in [0.25, 0.3) is 0 Å². The highest BCUT2D eigenvalue weighted by Gasteiger charge is 2.22. The highest BCUT2D eigenvalue weighted by atomic mass is 32.2. The second-order valence-electron chi connectivity index (χ2n) is 3.79. The molecule has 0 atom stereocenters. The van der Waals surface area contributed by atoms with Crippen molar-refractivity contribution >= 4 is 27.0 Å². The molecule has 0 bridgehead atoms. The number of hydrogen-bond acceptors (Lipinski definition) is 4. The van der Waals surface area contributed by atoms with E-state index in [-0.39, 0.29) is 0 Å². The van der Waals surface area contributed by atoms with Gasteiger partial charge >= 0.3 is 0 Å². The van der Waals surface area contributed by atoms with Gasteiger partial charge in [-0.1, -0.05) is 18.2 Å². The predicted molar refractivity (Wildman–Crippen MR) is 74.2 cm³/mol.